The van der Waals surface area contributed by atoms with Crippen molar-refractivity contribution in [3.63, 3.8) is 0 Å². The van der Waals surface area contributed by atoms with Gasteiger partial charge in [-0.1, -0.05) is 0 Å². The molecule has 102 valence electrons. The molecule has 0 aliphatic carbocycles. The molecule has 0 bridgehead atoms. The number of halogens is 2. The summed E-state index contributed by atoms with van der Waals surface area (Å²) in [5.74, 6) is -1.72. The molecule has 1 N–H and O–H groups in total. The third-order valence-electron chi connectivity index (χ3n) is 2.47. The lowest BCUT2D eigenvalue weighted by molar-refractivity contribution is 0.276. The molecular weight excluding hydrogens is 270 g/mol. The Balaban J connectivity index is 2.11. The highest BCUT2D eigenvalue weighted by Crippen LogP contribution is 2.25. The van der Waals surface area contributed by atoms with Gasteiger partial charge in [-0.2, -0.15) is 0 Å². The summed E-state index contributed by atoms with van der Waals surface area (Å²) in [6.45, 7) is 2.38. The van der Waals surface area contributed by atoms with Crippen molar-refractivity contribution in [3.8, 4) is 5.75 Å². The summed E-state index contributed by atoms with van der Waals surface area (Å²) in [4.78, 5) is 4.88. The van der Waals surface area contributed by atoms with E-state index in [1.807, 2.05) is 6.92 Å². The lowest BCUT2D eigenvalue weighted by Crippen LogP contribution is -2.07. The summed E-state index contributed by atoms with van der Waals surface area (Å²) < 4.78 is 32.7. The van der Waals surface area contributed by atoms with Crippen molar-refractivity contribution in [3.05, 3.63) is 45.4 Å². The van der Waals surface area contributed by atoms with Crippen LogP contribution in [0.5, 0.6) is 5.75 Å². The second-order valence-electron chi connectivity index (χ2n) is 4.05. The fourth-order valence-corrected chi connectivity index (χ4v) is 2.38. The van der Waals surface area contributed by atoms with Gasteiger partial charge in [-0.05, 0) is 31.7 Å². The van der Waals surface area contributed by atoms with Crippen LogP contribution < -0.4 is 10.1 Å². The smallest absolute Gasteiger partial charge is 0.191 e. The summed E-state index contributed by atoms with van der Waals surface area (Å²) in [6.07, 6.45) is 1.64. The number of nitrogens with one attached hydrogen (secondary N) is 1. The van der Waals surface area contributed by atoms with Crippen molar-refractivity contribution < 1.29 is 13.5 Å². The molecule has 0 radical (unpaired) electrons. The van der Waals surface area contributed by atoms with Crippen molar-refractivity contribution in [1.29, 1.82) is 0 Å². The van der Waals surface area contributed by atoms with Gasteiger partial charge in [0.15, 0.2) is 17.4 Å². The summed E-state index contributed by atoms with van der Waals surface area (Å²) in [7, 11) is 1.71. The van der Waals surface area contributed by atoms with Crippen molar-refractivity contribution in [2.45, 2.75) is 20.1 Å². The fraction of sp³-hybridized carbons (Fsp3) is 0.308. The van der Waals surface area contributed by atoms with Gasteiger partial charge in [-0.15, -0.1) is 11.3 Å². The SMILES string of the molecule is CNCc1cc(F)c(OCc2cnc(C)s2)c(F)c1. The molecule has 1 heterocycles. The van der Waals surface area contributed by atoms with E-state index < -0.39 is 11.6 Å². The Hall–Kier alpha value is -1.53. The molecule has 0 saturated heterocycles. The second kappa shape index (κ2) is 6.08. The average molecular weight is 284 g/mol. The Morgan fingerprint density at radius 3 is 2.53 bits per heavy atom. The van der Waals surface area contributed by atoms with Gasteiger partial charge >= 0.3 is 0 Å². The highest BCUT2D eigenvalue weighted by molar-refractivity contribution is 7.11. The topological polar surface area (TPSA) is 34.1 Å². The zero-order valence-corrected chi connectivity index (χ0v) is 11.5. The number of benzene rings is 1. The van der Waals surface area contributed by atoms with E-state index in [1.165, 1.54) is 23.5 Å². The Labute approximate surface area is 114 Å². The van der Waals surface area contributed by atoms with Crippen LogP contribution in [0.1, 0.15) is 15.4 Å². The molecule has 2 rings (SSSR count). The van der Waals surface area contributed by atoms with Crippen LogP contribution in [0, 0.1) is 18.6 Å². The molecule has 2 aromatic rings. The van der Waals surface area contributed by atoms with E-state index in [2.05, 4.69) is 10.3 Å². The van der Waals surface area contributed by atoms with Crippen LogP contribution in [-0.2, 0) is 13.2 Å². The number of nitrogens with zero attached hydrogens (tertiary/aromatic N) is 1. The first-order valence-electron chi connectivity index (χ1n) is 5.76. The highest BCUT2D eigenvalue weighted by Gasteiger charge is 2.13. The summed E-state index contributed by atoms with van der Waals surface area (Å²) in [5, 5.41) is 3.73. The molecule has 0 aliphatic heterocycles. The lowest BCUT2D eigenvalue weighted by atomic mass is 10.2. The van der Waals surface area contributed by atoms with Gasteiger partial charge in [0.25, 0.3) is 0 Å². The first-order valence-corrected chi connectivity index (χ1v) is 6.58. The minimum Gasteiger partial charge on any atom is -0.482 e. The van der Waals surface area contributed by atoms with E-state index in [-0.39, 0.29) is 12.4 Å². The van der Waals surface area contributed by atoms with E-state index in [4.69, 9.17) is 4.74 Å². The number of thiazole rings is 1. The molecule has 1 aromatic carbocycles. The van der Waals surface area contributed by atoms with Crippen molar-refractivity contribution in [2.75, 3.05) is 7.05 Å². The third kappa shape index (κ3) is 3.48. The van der Waals surface area contributed by atoms with Gasteiger partial charge in [0.2, 0.25) is 0 Å². The highest BCUT2D eigenvalue weighted by atomic mass is 32.1. The van der Waals surface area contributed by atoms with Gasteiger partial charge in [-0.3, -0.25) is 0 Å². The van der Waals surface area contributed by atoms with Gasteiger partial charge in [0.1, 0.15) is 6.61 Å². The maximum atomic E-state index is 13.7. The summed E-state index contributed by atoms with van der Waals surface area (Å²) >= 11 is 1.44. The maximum Gasteiger partial charge on any atom is 0.191 e. The van der Waals surface area contributed by atoms with Crippen molar-refractivity contribution >= 4 is 11.3 Å². The maximum absolute atomic E-state index is 13.7. The van der Waals surface area contributed by atoms with E-state index in [9.17, 15) is 8.78 Å². The Morgan fingerprint density at radius 2 is 2.00 bits per heavy atom. The number of aryl methyl sites for hydroxylation is 1. The van der Waals surface area contributed by atoms with Crippen LogP contribution in [-0.4, -0.2) is 12.0 Å². The quantitative estimate of drug-likeness (QED) is 0.916. The van der Waals surface area contributed by atoms with E-state index >= 15 is 0 Å². The lowest BCUT2D eigenvalue weighted by Gasteiger charge is -2.09. The van der Waals surface area contributed by atoms with Crippen LogP contribution >= 0.6 is 11.3 Å². The molecule has 6 heteroatoms. The minimum atomic E-state index is -0.688. The normalized spacial score (nSPS) is 10.7. The number of hydrogen-bond donors (Lipinski definition) is 1. The van der Waals surface area contributed by atoms with E-state index in [1.54, 1.807) is 13.2 Å². The van der Waals surface area contributed by atoms with Crippen LogP contribution in [0.25, 0.3) is 0 Å². The predicted molar refractivity (Wildman–Crippen MR) is 70.3 cm³/mol. The fourth-order valence-electron chi connectivity index (χ4n) is 1.67. The molecule has 1 aromatic heterocycles. The molecule has 0 unspecified atom stereocenters. The van der Waals surface area contributed by atoms with E-state index in [0.29, 0.717) is 12.1 Å². The molecule has 0 atom stereocenters. The Morgan fingerprint density at radius 1 is 1.32 bits per heavy atom. The predicted octanol–water partition coefficient (Wildman–Crippen LogP) is 3.03. The monoisotopic (exact) mass is 284 g/mol. The van der Waals surface area contributed by atoms with Gasteiger partial charge in [0.05, 0.1) is 9.88 Å². The number of aromatic nitrogens is 1. The molecule has 0 amide bonds. The van der Waals surface area contributed by atoms with Gasteiger partial charge in [0, 0.05) is 12.7 Å². The first-order chi connectivity index (χ1) is 9.10. The molecule has 0 saturated carbocycles. The minimum absolute atomic E-state index is 0.116. The molecule has 3 nitrogen and oxygen atoms in total. The zero-order chi connectivity index (χ0) is 13.8. The Kier molecular flexibility index (Phi) is 4.44. The van der Waals surface area contributed by atoms with Crippen LogP contribution in [0.4, 0.5) is 8.78 Å². The number of hydrogen-bond acceptors (Lipinski definition) is 4. The molecular formula is C13H14F2N2OS. The van der Waals surface area contributed by atoms with Crippen LogP contribution in [0.3, 0.4) is 0 Å². The Bertz CT molecular complexity index is 549. The largest absolute Gasteiger partial charge is 0.482 e. The molecule has 0 aliphatic rings. The molecule has 0 fully saturated rings. The number of ether oxygens (including phenoxy) is 1. The first kappa shape index (κ1) is 13.9. The number of rotatable bonds is 5. The van der Waals surface area contributed by atoms with Crippen LogP contribution in [0.2, 0.25) is 0 Å². The molecule has 0 spiro atoms. The third-order valence-corrected chi connectivity index (χ3v) is 3.35. The van der Waals surface area contributed by atoms with Gasteiger partial charge < -0.3 is 10.1 Å². The molecule has 19 heavy (non-hydrogen) atoms. The second-order valence-corrected chi connectivity index (χ2v) is 5.37. The zero-order valence-electron chi connectivity index (χ0n) is 10.7. The summed E-state index contributed by atoms with van der Waals surface area (Å²) in [5.41, 5.74) is 0.540. The average Bonchev–Trinajstić information content (AvgIpc) is 2.74. The van der Waals surface area contributed by atoms with Crippen molar-refractivity contribution in [2.24, 2.45) is 0 Å². The van der Waals surface area contributed by atoms with Crippen LogP contribution in [0.15, 0.2) is 18.3 Å². The summed E-state index contributed by atoms with van der Waals surface area (Å²) in [6, 6.07) is 2.54. The van der Waals surface area contributed by atoms with E-state index in [0.717, 1.165) is 9.88 Å². The van der Waals surface area contributed by atoms with Gasteiger partial charge in [-0.25, -0.2) is 13.8 Å². The van der Waals surface area contributed by atoms with Crippen molar-refractivity contribution in [1.82, 2.24) is 10.3 Å². The standard InChI is InChI=1S/C13H14F2N2OS/c1-8-17-6-10(19-8)7-18-13-11(14)3-9(5-16-2)4-12(13)15/h3-4,6,16H,5,7H2,1-2H3.